The Kier molecular flexibility index (Phi) is 6.58. The van der Waals surface area contributed by atoms with E-state index < -0.39 is 0 Å². The van der Waals surface area contributed by atoms with Gasteiger partial charge in [0.05, 0.1) is 25.3 Å². The molecule has 1 atom stereocenters. The van der Waals surface area contributed by atoms with Crippen molar-refractivity contribution < 1.29 is 18.8 Å². The van der Waals surface area contributed by atoms with Gasteiger partial charge in [0.2, 0.25) is 11.7 Å². The van der Waals surface area contributed by atoms with Crippen LogP contribution in [0.2, 0.25) is 0 Å². The van der Waals surface area contributed by atoms with E-state index in [0.29, 0.717) is 30.7 Å². The Labute approximate surface area is 187 Å². The first-order valence-corrected chi connectivity index (χ1v) is 10.8. The smallest absolute Gasteiger partial charge is 0.324 e. The summed E-state index contributed by atoms with van der Waals surface area (Å²) in [6, 6.07) is 15.5. The maximum Gasteiger partial charge on any atom is 0.324 e. The Morgan fingerprint density at radius 3 is 2.75 bits per heavy atom. The van der Waals surface area contributed by atoms with Crippen LogP contribution in [0.4, 0.5) is 11.7 Å². The van der Waals surface area contributed by atoms with Gasteiger partial charge in [0, 0.05) is 25.7 Å². The molecule has 32 heavy (non-hydrogen) atoms. The van der Waals surface area contributed by atoms with Crippen LogP contribution in [0.1, 0.15) is 19.8 Å². The zero-order valence-electron chi connectivity index (χ0n) is 18.7. The molecular formula is C24H28N4O4. The normalized spacial score (nSPS) is 16.0. The number of para-hydroxylation sites is 2. The fraction of sp³-hybridized carbons (Fsp3) is 0.375. The summed E-state index contributed by atoms with van der Waals surface area (Å²) in [7, 11) is 3.43. The highest BCUT2D eigenvalue weighted by molar-refractivity contribution is 5.96. The molecule has 1 aromatic heterocycles. The molecule has 168 valence electrons. The van der Waals surface area contributed by atoms with Gasteiger partial charge < -0.3 is 23.8 Å². The lowest BCUT2D eigenvalue weighted by Crippen LogP contribution is -2.44. The molecule has 4 rings (SSSR count). The fourth-order valence-electron chi connectivity index (χ4n) is 3.96. The van der Waals surface area contributed by atoms with Crippen LogP contribution in [0.25, 0.3) is 11.4 Å². The summed E-state index contributed by atoms with van der Waals surface area (Å²) in [5.41, 5.74) is 1.62. The predicted octanol–water partition coefficient (Wildman–Crippen LogP) is 4.02. The zero-order chi connectivity index (χ0) is 22.5. The molecule has 1 amide bonds. The molecule has 0 saturated carbocycles. The van der Waals surface area contributed by atoms with E-state index in [2.05, 4.69) is 10.1 Å². The minimum atomic E-state index is -0.167. The third kappa shape index (κ3) is 4.54. The summed E-state index contributed by atoms with van der Waals surface area (Å²) < 4.78 is 16.4. The van der Waals surface area contributed by atoms with Gasteiger partial charge in [0.25, 0.3) is 0 Å². The Balaban J connectivity index is 1.46. The van der Waals surface area contributed by atoms with Crippen LogP contribution in [0.15, 0.2) is 53.1 Å². The molecule has 3 aromatic rings. The third-order valence-electron chi connectivity index (χ3n) is 5.66. The van der Waals surface area contributed by atoms with E-state index >= 15 is 0 Å². The lowest BCUT2D eigenvalue weighted by molar-refractivity contribution is -0.122. The van der Waals surface area contributed by atoms with Crippen LogP contribution in [-0.2, 0) is 4.79 Å². The average Bonchev–Trinajstić information content (AvgIpc) is 3.34. The van der Waals surface area contributed by atoms with Gasteiger partial charge in [-0.05, 0) is 56.2 Å². The number of methoxy groups -OCH3 is 1. The van der Waals surface area contributed by atoms with Gasteiger partial charge in [-0.25, -0.2) is 0 Å². The molecule has 8 nitrogen and oxygen atoms in total. The van der Waals surface area contributed by atoms with Crippen LogP contribution in [-0.4, -0.2) is 49.9 Å². The SMILES string of the molecule is CCOc1ccccc1N(C)C(=O)[C@H]1CCCN(c2nc(-c3ccc(OC)cc3)no2)C1. The molecule has 1 fully saturated rings. The van der Waals surface area contributed by atoms with E-state index in [4.69, 9.17) is 14.0 Å². The minimum Gasteiger partial charge on any atom is -0.497 e. The lowest BCUT2D eigenvalue weighted by Gasteiger charge is -2.33. The molecule has 1 saturated heterocycles. The number of carbonyl (C=O) groups excluding carboxylic acids is 1. The van der Waals surface area contributed by atoms with E-state index in [-0.39, 0.29) is 11.8 Å². The minimum absolute atomic E-state index is 0.0525. The van der Waals surface area contributed by atoms with Gasteiger partial charge in [-0.15, -0.1) is 0 Å². The van der Waals surface area contributed by atoms with Gasteiger partial charge in [-0.2, -0.15) is 4.98 Å². The molecule has 0 spiro atoms. The lowest BCUT2D eigenvalue weighted by atomic mass is 9.96. The van der Waals surface area contributed by atoms with Gasteiger partial charge in [-0.3, -0.25) is 4.79 Å². The topological polar surface area (TPSA) is 80.9 Å². The Hall–Kier alpha value is -3.55. The summed E-state index contributed by atoms with van der Waals surface area (Å²) in [4.78, 5) is 21.5. The molecular weight excluding hydrogens is 408 g/mol. The Morgan fingerprint density at radius 1 is 1.22 bits per heavy atom. The fourth-order valence-corrected chi connectivity index (χ4v) is 3.96. The number of nitrogens with zero attached hydrogens (tertiary/aromatic N) is 4. The van der Waals surface area contributed by atoms with Crippen molar-refractivity contribution in [1.82, 2.24) is 10.1 Å². The van der Waals surface area contributed by atoms with Crippen LogP contribution in [0.3, 0.4) is 0 Å². The van der Waals surface area contributed by atoms with Gasteiger partial charge >= 0.3 is 6.01 Å². The first kappa shape index (κ1) is 21.7. The molecule has 2 aromatic carbocycles. The number of piperidine rings is 1. The maximum absolute atomic E-state index is 13.3. The van der Waals surface area contributed by atoms with Crippen molar-refractivity contribution in [3.8, 4) is 22.9 Å². The van der Waals surface area contributed by atoms with Crippen molar-refractivity contribution in [3.63, 3.8) is 0 Å². The molecule has 0 bridgehead atoms. The van der Waals surface area contributed by atoms with E-state index in [9.17, 15) is 4.79 Å². The average molecular weight is 437 g/mol. The van der Waals surface area contributed by atoms with Crippen molar-refractivity contribution >= 4 is 17.6 Å². The highest BCUT2D eigenvalue weighted by atomic mass is 16.5. The summed E-state index contributed by atoms with van der Waals surface area (Å²) in [6.07, 6.45) is 1.69. The number of amides is 1. The standard InChI is InChI=1S/C24H28N4O4/c1-4-31-21-10-6-5-9-20(21)27(2)23(29)18-8-7-15-28(16-18)24-25-22(26-32-24)17-11-13-19(30-3)14-12-17/h5-6,9-14,18H,4,7-8,15-16H2,1-3H3/t18-/m0/s1. The first-order chi connectivity index (χ1) is 15.6. The van der Waals surface area contributed by atoms with Gasteiger partial charge in [0.1, 0.15) is 11.5 Å². The maximum atomic E-state index is 13.3. The molecule has 0 N–H and O–H groups in total. The zero-order valence-corrected chi connectivity index (χ0v) is 18.7. The van der Waals surface area contributed by atoms with E-state index in [1.807, 2.05) is 60.4 Å². The van der Waals surface area contributed by atoms with E-state index in [0.717, 1.165) is 36.4 Å². The number of carbonyl (C=O) groups is 1. The molecule has 1 aliphatic heterocycles. The highest BCUT2D eigenvalue weighted by Gasteiger charge is 2.31. The van der Waals surface area contributed by atoms with Crippen LogP contribution < -0.4 is 19.3 Å². The Morgan fingerprint density at radius 2 is 2.00 bits per heavy atom. The molecule has 8 heteroatoms. The molecule has 0 radical (unpaired) electrons. The van der Waals surface area contributed by atoms with Crippen LogP contribution in [0, 0.1) is 5.92 Å². The number of ether oxygens (including phenoxy) is 2. The molecule has 1 aliphatic rings. The largest absolute Gasteiger partial charge is 0.497 e. The second-order valence-corrected chi connectivity index (χ2v) is 7.71. The Bertz CT molecular complexity index is 1050. The second-order valence-electron chi connectivity index (χ2n) is 7.71. The van der Waals surface area contributed by atoms with E-state index in [1.165, 1.54) is 0 Å². The summed E-state index contributed by atoms with van der Waals surface area (Å²) in [6.45, 7) is 3.78. The number of rotatable bonds is 7. The molecule has 2 heterocycles. The second kappa shape index (κ2) is 9.72. The van der Waals surface area contributed by atoms with Gasteiger partial charge in [-0.1, -0.05) is 17.3 Å². The number of benzene rings is 2. The van der Waals surface area contributed by atoms with Crippen molar-refractivity contribution in [2.75, 3.05) is 43.7 Å². The van der Waals surface area contributed by atoms with E-state index in [1.54, 1.807) is 19.1 Å². The summed E-state index contributed by atoms with van der Waals surface area (Å²) in [5, 5.41) is 4.12. The van der Waals surface area contributed by atoms with Crippen molar-refractivity contribution in [2.24, 2.45) is 5.92 Å². The first-order valence-electron chi connectivity index (χ1n) is 10.8. The van der Waals surface area contributed by atoms with Crippen molar-refractivity contribution in [2.45, 2.75) is 19.8 Å². The molecule has 0 unspecified atom stereocenters. The van der Waals surface area contributed by atoms with Crippen LogP contribution >= 0.6 is 0 Å². The number of anilines is 2. The number of hydrogen-bond acceptors (Lipinski definition) is 7. The third-order valence-corrected chi connectivity index (χ3v) is 5.66. The quantitative estimate of drug-likeness (QED) is 0.553. The number of aromatic nitrogens is 2. The number of hydrogen-bond donors (Lipinski definition) is 0. The monoisotopic (exact) mass is 436 g/mol. The van der Waals surface area contributed by atoms with Gasteiger partial charge in [0.15, 0.2) is 0 Å². The summed E-state index contributed by atoms with van der Waals surface area (Å²) >= 11 is 0. The molecule has 0 aliphatic carbocycles. The summed E-state index contributed by atoms with van der Waals surface area (Å²) in [5.74, 6) is 1.87. The van der Waals surface area contributed by atoms with Crippen molar-refractivity contribution in [1.29, 1.82) is 0 Å². The van der Waals surface area contributed by atoms with Crippen LogP contribution in [0.5, 0.6) is 11.5 Å². The predicted molar refractivity (Wildman–Crippen MR) is 122 cm³/mol. The highest BCUT2D eigenvalue weighted by Crippen LogP contribution is 2.31. The van der Waals surface area contributed by atoms with Crippen molar-refractivity contribution in [3.05, 3.63) is 48.5 Å².